The number of aryl methyl sites for hydroxylation is 1. The molecule has 0 radical (unpaired) electrons. The van der Waals surface area contributed by atoms with Crippen molar-refractivity contribution in [3.8, 4) is 0 Å². The number of imide groups is 1. The van der Waals surface area contributed by atoms with Crippen LogP contribution in [-0.2, 0) is 22.6 Å². The second-order valence-corrected chi connectivity index (χ2v) is 6.45. The van der Waals surface area contributed by atoms with Gasteiger partial charge in [0.25, 0.3) is 0 Å². The summed E-state index contributed by atoms with van der Waals surface area (Å²) in [5.41, 5.74) is 0. The molecule has 1 aromatic rings. The van der Waals surface area contributed by atoms with Gasteiger partial charge in [-0.2, -0.15) is 0 Å². The standard InChI is InChI=1S/C14H18N2O2S/c1-2-10-5-6-11(19-10)8-15-12-7-13(17)16(14(12)18)9-3-4-9/h5-6,9,12,15H,2-4,7-8H2,1H3. The number of rotatable bonds is 5. The highest BCUT2D eigenvalue weighted by atomic mass is 32.1. The van der Waals surface area contributed by atoms with E-state index in [0.29, 0.717) is 13.0 Å². The molecule has 1 aliphatic heterocycles. The number of hydrogen-bond acceptors (Lipinski definition) is 4. The van der Waals surface area contributed by atoms with Gasteiger partial charge in [0.15, 0.2) is 0 Å². The van der Waals surface area contributed by atoms with E-state index in [0.717, 1.165) is 19.3 Å². The van der Waals surface area contributed by atoms with Crippen LogP contribution in [0.15, 0.2) is 12.1 Å². The van der Waals surface area contributed by atoms with Crippen molar-refractivity contribution in [1.82, 2.24) is 10.2 Å². The van der Waals surface area contributed by atoms with Gasteiger partial charge in [-0.25, -0.2) is 0 Å². The first-order valence-electron chi connectivity index (χ1n) is 6.86. The van der Waals surface area contributed by atoms with Crippen LogP contribution in [0.4, 0.5) is 0 Å². The van der Waals surface area contributed by atoms with Crippen molar-refractivity contribution in [1.29, 1.82) is 0 Å². The fourth-order valence-electron chi connectivity index (χ4n) is 2.46. The third-order valence-corrected chi connectivity index (χ3v) is 4.91. The van der Waals surface area contributed by atoms with Crippen molar-refractivity contribution in [3.05, 3.63) is 21.9 Å². The maximum Gasteiger partial charge on any atom is 0.247 e. The number of carbonyl (C=O) groups excluding carboxylic acids is 2. The monoisotopic (exact) mass is 278 g/mol. The molecule has 2 amide bonds. The van der Waals surface area contributed by atoms with E-state index in [9.17, 15) is 9.59 Å². The predicted molar refractivity (Wildman–Crippen MR) is 73.8 cm³/mol. The van der Waals surface area contributed by atoms with Crippen molar-refractivity contribution in [2.45, 2.75) is 51.2 Å². The highest BCUT2D eigenvalue weighted by molar-refractivity contribution is 7.11. The van der Waals surface area contributed by atoms with Gasteiger partial charge in [0.1, 0.15) is 0 Å². The van der Waals surface area contributed by atoms with Crippen LogP contribution in [0, 0.1) is 0 Å². The Bertz CT molecular complexity index is 507. The van der Waals surface area contributed by atoms with E-state index >= 15 is 0 Å². The smallest absolute Gasteiger partial charge is 0.247 e. The minimum Gasteiger partial charge on any atom is -0.300 e. The zero-order chi connectivity index (χ0) is 13.4. The minimum absolute atomic E-state index is 0.00886. The number of likely N-dealkylation sites (tertiary alicyclic amines) is 1. The van der Waals surface area contributed by atoms with Crippen LogP contribution in [0.1, 0.15) is 35.9 Å². The first kappa shape index (κ1) is 12.8. The Kier molecular flexibility index (Phi) is 3.41. The maximum absolute atomic E-state index is 12.1. The number of nitrogens with zero attached hydrogens (tertiary/aromatic N) is 1. The summed E-state index contributed by atoms with van der Waals surface area (Å²) in [6, 6.07) is 4.09. The topological polar surface area (TPSA) is 49.4 Å². The average molecular weight is 278 g/mol. The number of amides is 2. The Morgan fingerprint density at radius 2 is 2.05 bits per heavy atom. The molecule has 3 rings (SSSR count). The van der Waals surface area contributed by atoms with Gasteiger partial charge in [-0.3, -0.25) is 14.5 Å². The van der Waals surface area contributed by atoms with Crippen molar-refractivity contribution in [2.75, 3.05) is 0 Å². The molecular weight excluding hydrogens is 260 g/mol. The van der Waals surface area contributed by atoms with Gasteiger partial charge in [-0.15, -0.1) is 11.3 Å². The molecule has 0 spiro atoms. The van der Waals surface area contributed by atoms with E-state index in [-0.39, 0.29) is 23.9 Å². The molecule has 1 saturated heterocycles. The largest absolute Gasteiger partial charge is 0.300 e. The highest BCUT2D eigenvalue weighted by Crippen LogP contribution is 2.31. The summed E-state index contributed by atoms with van der Waals surface area (Å²) in [5.74, 6) is -0.0369. The second kappa shape index (κ2) is 5.06. The lowest BCUT2D eigenvalue weighted by Crippen LogP contribution is -2.39. The maximum atomic E-state index is 12.1. The predicted octanol–water partition coefficient (Wildman–Crippen LogP) is 1.69. The van der Waals surface area contributed by atoms with Crippen molar-refractivity contribution in [2.24, 2.45) is 0 Å². The highest BCUT2D eigenvalue weighted by Gasteiger charge is 2.45. The summed E-state index contributed by atoms with van der Waals surface area (Å²) in [5, 5.41) is 3.23. The van der Waals surface area contributed by atoms with Gasteiger partial charge in [0.05, 0.1) is 12.5 Å². The zero-order valence-electron chi connectivity index (χ0n) is 11.0. The average Bonchev–Trinajstić information content (AvgIpc) is 3.04. The molecule has 1 unspecified atom stereocenters. The SMILES string of the molecule is CCc1ccc(CNC2CC(=O)N(C3CC3)C2=O)s1. The molecule has 1 aromatic heterocycles. The Balaban J connectivity index is 1.58. The Labute approximate surface area is 116 Å². The zero-order valence-corrected chi connectivity index (χ0v) is 11.8. The van der Waals surface area contributed by atoms with Gasteiger partial charge in [0, 0.05) is 22.3 Å². The molecule has 1 aliphatic carbocycles. The lowest BCUT2D eigenvalue weighted by Gasteiger charge is -2.14. The molecule has 1 saturated carbocycles. The van der Waals surface area contributed by atoms with Gasteiger partial charge in [0.2, 0.25) is 11.8 Å². The Hall–Kier alpha value is -1.20. The van der Waals surface area contributed by atoms with E-state index in [1.807, 2.05) is 0 Å². The lowest BCUT2D eigenvalue weighted by molar-refractivity contribution is -0.139. The van der Waals surface area contributed by atoms with E-state index < -0.39 is 0 Å². The van der Waals surface area contributed by atoms with Gasteiger partial charge >= 0.3 is 0 Å². The third kappa shape index (κ3) is 2.58. The van der Waals surface area contributed by atoms with Crippen LogP contribution in [0.5, 0.6) is 0 Å². The molecule has 2 fully saturated rings. The first-order valence-corrected chi connectivity index (χ1v) is 7.67. The third-order valence-electron chi connectivity index (χ3n) is 3.68. The second-order valence-electron chi connectivity index (χ2n) is 5.19. The van der Waals surface area contributed by atoms with Crippen molar-refractivity contribution >= 4 is 23.2 Å². The van der Waals surface area contributed by atoms with Gasteiger partial charge in [-0.1, -0.05) is 6.92 Å². The number of carbonyl (C=O) groups is 2. The number of nitrogens with one attached hydrogen (secondary N) is 1. The molecule has 4 nitrogen and oxygen atoms in total. The summed E-state index contributed by atoms with van der Waals surface area (Å²) in [6.45, 7) is 2.81. The summed E-state index contributed by atoms with van der Waals surface area (Å²) in [6.07, 6.45) is 3.33. The van der Waals surface area contributed by atoms with Crippen LogP contribution in [0.2, 0.25) is 0 Å². The van der Waals surface area contributed by atoms with E-state index in [1.165, 1.54) is 14.7 Å². The van der Waals surface area contributed by atoms with E-state index in [2.05, 4.69) is 24.4 Å². The van der Waals surface area contributed by atoms with Crippen LogP contribution >= 0.6 is 11.3 Å². The fraction of sp³-hybridized carbons (Fsp3) is 0.571. The molecule has 102 valence electrons. The molecule has 2 aliphatic rings. The fourth-order valence-corrected chi connectivity index (χ4v) is 3.37. The molecule has 2 heterocycles. The molecule has 1 N–H and O–H groups in total. The molecule has 0 bridgehead atoms. The Morgan fingerprint density at radius 3 is 2.68 bits per heavy atom. The number of thiophene rings is 1. The van der Waals surface area contributed by atoms with E-state index in [4.69, 9.17) is 0 Å². The first-order chi connectivity index (χ1) is 9.19. The minimum atomic E-state index is -0.319. The summed E-state index contributed by atoms with van der Waals surface area (Å²) < 4.78 is 0. The van der Waals surface area contributed by atoms with Crippen molar-refractivity contribution in [3.63, 3.8) is 0 Å². The molecule has 5 heteroatoms. The van der Waals surface area contributed by atoms with Crippen molar-refractivity contribution < 1.29 is 9.59 Å². The molecule has 19 heavy (non-hydrogen) atoms. The van der Waals surface area contributed by atoms with E-state index in [1.54, 1.807) is 11.3 Å². The summed E-state index contributed by atoms with van der Waals surface area (Å²) in [4.78, 5) is 28.0. The van der Waals surface area contributed by atoms with Crippen LogP contribution in [0.25, 0.3) is 0 Å². The van der Waals surface area contributed by atoms with Gasteiger partial charge < -0.3 is 5.32 Å². The molecule has 0 aromatic carbocycles. The van der Waals surface area contributed by atoms with Gasteiger partial charge in [-0.05, 0) is 31.4 Å². The summed E-state index contributed by atoms with van der Waals surface area (Å²) >= 11 is 1.77. The van der Waals surface area contributed by atoms with Crippen LogP contribution < -0.4 is 5.32 Å². The molecule has 1 atom stereocenters. The lowest BCUT2D eigenvalue weighted by atomic mass is 10.2. The quantitative estimate of drug-likeness (QED) is 0.834. The Morgan fingerprint density at radius 1 is 1.32 bits per heavy atom. The van der Waals surface area contributed by atoms with Crippen LogP contribution in [-0.4, -0.2) is 28.8 Å². The normalized spacial score (nSPS) is 23.4. The molecular formula is C14H18N2O2S. The summed E-state index contributed by atoms with van der Waals surface area (Å²) in [7, 11) is 0. The van der Waals surface area contributed by atoms with Crippen LogP contribution in [0.3, 0.4) is 0 Å². The number of hydrogen-bond donors (Lipinski definition) is 1.